The molecule has 1 aliphatic heterocycles. The molecule has 1 saturated heterocycles. The number of hydrogen-bond donors (Lipinski definition) is 0. The topological polar surface area (TPSA) is 3.24 Å². The minimum absolute atomic E-state index is 0.537. The smallest absolute Gasteiger partial charge is 0.0240 e. The van der Waals surface area contributed by atoms with Gasteiger partial charge in [0.05, 0.1) is 0 Å². The monoisotopic (exact) mass is 373 g/mol. The molecule has 3 aromatic carbocycles. The third-order valence-electron chi connectivity index (χ3n) is 5.35. The van der Waals surface area contributed by atoms with Crippen molar-refractivity contribution >= 4 is 23.8 Å². The summed E-state index contributed by atoms with van der Waals surface area (Å²) in [5.74, 6) is 0. The normalized spacial score (nSPS) is 15.2. The Kier molecular flexibility index (Phi) is 6.02. The van der Waals surface area contributed by atoms with Crippen LogP contribution in [0, 0.1) is 6.92 Å². The van der Waals surface area contributed by atoms with Crippen LogP contribution in [-0.2, 0) is 6.54 Å². The van der Waals surface area contributed by atoms with E-state index < -0.39 is 7.92 Å². The number of likely N-dealkylation sites (tertiary alicyclic amines) is 1. The molecule has 1 fully saturated rings. The van der Waals surface area contributed by atoms with Crippen molar-refractivity contribution in [3.05, 3.63) is 90.0 Å². The fourth-order valence-corrected chi connectivity index (χ4v) is 6.52. The van der Waals surface area contributed by atoms with Crippen molar-refractivity contribution in [2.75, 3.05) is 13.1 Å². The number of rotatable bonds is 5. The Morgan fingerprint density at radius 3 is 1.93 bits per heavy atom. The van der Waals surface area contributed by atoms with E-state index in [1.54, 1.807) is 0 Å². The number of piperidine rings is 1. The van der Waals surface area contributed by atoms with Gasteiger partial charge < -0.3 is 0 Å². The number of aryl methyl sites for hydroxylation is 1. The largest absolute Gasteiger partial charge is 0.299 e. The van der Waals surface area contributed by atoms with Crippen LogP contribution in [0.15, 0.2) is 78.9 Å². The van der Waals surface area contributed by atoms with Gasteiger partial charge in [-0.1, -0.05) is 90.8 Å². The van der Waals surface area contributed by atoms with E-state index in [9.17, 15) is 0 Å². The molecule has 0 aliphatic carbocycles. The maximum Gasteiger partial charge on any atom is 0.0240 e. The summed E-state index contributed by atoms with van der Waals surface area (Å²) >= 11 is 0. The van der Waals surface area contributed by atoms with E-state index in [1.165, 1.54) is 59.4 Å². The Morgan fingerprint density at radius 2 is 1.33 bits per heavy atom. The van der Waals surface area contributed by atoms with Gasteiger partial charge in [0, 0.05) is 6.54 Å². The van der Waals surface area contributed by atoms with Crippen LogP contribution in [-0.4, -0.2) is 18.0 Å². The number of benzene rings is 3. The predicted molar refractivity (Wildman–Crippen MR) is 119 cm³/mol. The molecular formula is C25H28NP. The first kappa shape index (κ1) is 18.4. The Labute approximate surface area is 164 Å². The molecular weight excluding hydrogens is 345 g/mol. The fourth-order valence-electron chi connectivity index (χ4n) is 3.96. The van der Waals surface area contributed by atoms with Crippen molar-refractivity contribution in [3.8, 4) is 0 Å². The molecule has 0 unspecified atom stereocenters. The van der Waals surface area contributed by atoms with Crippen LogP contribution in [0.3, 0.4) is 0 Å². The Balaban J connectivity index is 1.78. The van der Waals surface area contributed by atoms with Gasteiger partial charge in [-0.05, 0) is 62.3 Å². The summed E-state index contributed by atoms with van der Waals surface area (Å²) in [5.41, 5.74) is 2.85. The van der Waals surface area contributed by atoms with Gasteiger partial charge in [-0.3, -0.25) is 4.90 Å². The average molecular weight is 373 g/mol. The second-order valence-corrected chi connectivity index (χ2v) is 9.66. The lowest BCUT2D eigenvalue weighted by Crippen LogP contribution is -2.32. The van der Waals surface area contributed by atoms with Crippen molar-refractivity contribution < 1.29 is 0 Å². The molecule has 2 heteroatoms. The standard InChI is InChI=1S/C25H28NP/c1-21-15-16-22(20-26-17-9-4-10-18-26)25(19-21)27(23-11-5-2-6-12-23)24-13-7-3-8-14-24/h2-3,5-8,11-16,19H,4,9-10,17-18,20H2,1H3. The summed E-state index contributed by atoms with van der Waals surface area (Å²) in [4.78, 5) is 2.64. The zero-order chi connectivity index (χ0) is 18.5. The first-order valence-corrected chi connectivity index (χ1v) is 11.4. The lowest BCUT2D eigenvalue weighted by atomic mass is 10.1. The molecule has 0 spiro atoms. The highest BCUT2D eigenvalue weighted by molar-refractivity contribution is 7.79. The molecule has 3 aromatic rings. The van der Waals surface area contributed by atoms with E-state index >= 15 is 0 Å². The average Bonchev–Trinajstić information content (AvgIpc) is 2.73. The van der Waals surface area contributed by atoms with E-state index in [2.05, 4.69) is 90.7 Å². The lowest BCUT2D eigenvalue weighted by molar-refractivity contribution is 0.221. The third kappa shape index (κ3) is 4.49. The maximum atomic E-state index is 2.64. The molecule has 1 nitrogen and oxygen atoms in total. The quantitative estimate of drug-likeness (QED) is 0.584. The SMILES string of the molecule is Cc1ccc(CN2CCCCC2)c(P(c2ccccc2)c2ccccc2)c1. The molecule has 0 saturated carbocycles. The van der Waals surface area contributed by atoms with Crippen LogP contribution in [0.5, 0.6) is 0 Å². The van der Waals surface area contributed by atoms with Crippen LogP contribution in [0.25, 0.3) is 0 Å². The maximum absolute atomic E-state index is 2.64. The summed E-state index contributed by atoms with van der Waals surface area (Å²) in [6.07, 6.45) is 4.07. The third-order valence-corrected chi connectivity index (χ3v) is 7.88. The highest BCUT2D eigenvalue weighted by atomic mass is 31.1. The van der Waals surface area contributed by atoms with Gasteiger partial charge >= 0.3 is 0 Å². The van der Waals surface area contributed by atoms with Crippen molar-refractivity contribution in [3.63, 3.8) is 0 Å². The van der Waals surface area contributed by atoms with Crippen LogP contribution < -0.4 is 15.9 Å². The second-order valence-electron chi connectivity index (χ2n) is 7.48. The minimum atomic E-state index is -0.537. The lowest BCUT2D eigenvalue weighted by Gasteiger charge is -2.29. The minimum Gasteiger partial charge on any atom is -0.299 e. The van der Waals surface area contributed by atoms with Crippen LogP contribution >= 0.6 is 7.92 Å². The molecule has 27 heavy (non-hydrogen) atoms. The fraction of sp³-hybridized carbons (Fsp3) is 0.280. The molecule has 0 aromatic heterocycles. The first-order chi connectivity index (χ1) is 13.3. The van der Waals surface area contributed by atoms with Crippen molar-refractivity contribution in [1.29, 1.82) is 0 Å². The van der Waals surface area contributed by atoms with Gasteiger partial charge in [-0.2, -0.15) is 0 Å². The van der Waals surface area contributed by atoms with Crippen LogP contribution in [0.1, 0.15) is 30.4 Å². The Bertz CT molecular complexity index is 815. The van der Waals surface area contributed by atoms with Crippen molar-refractivity contribution in [1.82, 2.24) is 4.90 Å². The molecule has 1 heterocycles. The van der Waals surface area contributed by atoms with Gasteiger partial charge in [0.2, 0.25) is 0 Å². The Hall–Kier alpha value is -1.95. The van der Waals surface area contributed by atoms with E-state index in [0.717, 1.165) is 6.54 Å². The number of nitrogens with zero attached hydrogens (tertiary/aromatic N) is 1. The zero-order valence-corrected chi connectivity index (χ0v) is 17.0. The molecule has 4 rings (SSSR count). The van der Waals surface area contributed by atoms with Gasteiger partial charge in [-0.15, -0.1) is 0 Å². The van der Waals surface area contributed by atoms with Gasteiger partial charge in [0.15, 0.2) is 0 Å². The summed E-state index contributed by atoms with van der Waals surface area (Å²) in [5, 5.41) is 4.39. The van der Waals surface area contributed by atoms with E-state index in [4.69, 9.17) is 0 Å². The van der Waals surface area contributed by atoms with Crippen LogP contribution in [0.2, 0.25) is 0 Å². The molecule has 1 aliphatic rings. The summed E-state index contributed by atoms with van der Waals surface area (Å²) in [6, 6.07) is 29.2. The van der Waals surface area contributed by atoms with Crippen molar-refractivity contribution in [2.45, 2.75) is 32.7 Å². The van der Waals surface area contributed by atoms with Gasteiger partial charge in [0.1, 0.15) is 0 Å². The van der Waals surface area contributed by atoms with Gasteiger partial charge in [-0.25, -0.2) is 0 Å². The van der Waals surface area contributed by atoms with Crippen molar-refractivity contribution in [2.24, 2.45) is 0 Å². The first-order valence-electron chi connectivity index (χ1n) is 10.0. The molecule has 0 atom stereocenters. The summed E-state index contributed by atoms with van der Waals surface area (Å²) in [7, 11) is -0.537. The summed E-state index contributed by atoms with van der Waals surface area (Å²) < 4.78 is 0. The predicted octanol–water partition coefficient (Wildman–Crippen LogP) is 4.74. The molecule has 0 amide bonds. The summed E-state index contributed by atoms with van der Waals surface area (Å²) in [6.45, 7) is 5.77. The molecule has 0 bridgehead atoms. The van der Waals surface area contributed by atoms with E-state index in [-0.39, 0.29) is 0 Å². The van der Waals surface area contributed by atoms with E-state index in [1.807, 2.05) is 0 Å². The highest BCUT2D eigenvalue weighted by Gasteiger charge is 2.21. The second kappa shape index (κ2) is 8.83. The molecule has 0 N–H and O–H groups in total. The Morgan fingerprint density at radius 1 is 0.741 bits per heavy atom. The highest BCUT2D eigenvalue weighted by Crippen LogP contribution is 2.35. The van der Waals surface area contributed by atoms with E-state index in [0.29, 0.717) is 0 Å². The van der Waals surface area contributed by atoms with Crippen LogP contribution in [0.4, 0.5) is 0 Å². The number of hydrogen-bond acceptors (Lipinski definition) is 1. The van der Waals surface area contributed by atoms with Gasteiger partial charge in [0.25, 0.3) is 0 Å². The molecule has 138 valence electrons. The molecule has 0 radical (unpaired) electrons. The zero-order valence-electron chi connectivity index (χ0n) is 16.1.